The van der Waals surface area contributed by atoms with Crippen molar-refractivity contribution >= 4 is 11.8 Å². The number of nitrogens with one attached hydrogen (secondary N) is 2. The number of hydrogen-bond acceptors (Lipinski definition) is 4. The molecule has 0 aliphatic heterocycles. The van der Waals surface area contributed by atoms with Crippen molar-refractivity contribution in [2.24, 2.45) is 0 Å². The maximum absolute atomic E-state index is 11.8. The summed E-state index contributed by atoms with van der Waals surface area (Å²) in [6, 6.07) is 11.3. The first kappa shape index (κ1) is 19.3. The smallest absolute Gasteiger partial charge is 0.276 e. The Kier molecular flexibility index (Phi) is 6.60. The van der Waals surface area contributed by atoms with Crippen molar-refractivity contribution in [2.45, 2.75) is 27.7 Å². The average Bonchev–Trinajstić information content (AvgIpc) is 2.60. The molecule has 0 aromatic heterocycles. The molecule has 0 aliphatic rings. The number of para-hydroxylation sites is 1. The van der Waals surface area contributed by atoms with Gasteiger partial charge in [0.1, 0.15) is 11.5 Å². The molecule has 0 heterocycles. The highest BCUT2D eigenvalue weighted by Crippen LogP contribution is 2.22. The van der Waals surface area contributed by atoms with E-state index in [1.165, 1.54) is 0 Å². The Labute approximate surface area is 153 Å². The van der Waals surface area contributed by atoms with Crippen molar-refractivity contribution in [3.05, 3.63) is 58.7 Å². The monoisotopic (exact) mass is 356 g/mol. The van der Waals surface area contributed by atoms with Crippen molar-refractivity contribution in [1.82, 2.24) is 10.9 Å². The summed E-state index contributed by atoms with van der Waals surface area (Å²) in [5.74, 6) is 0.371. The third kappa shape index (κ3) is 5.51. The van der Waals surface area contributed by atoms with Gasteiger partial charge in [-0.1, -0.05) is 24.3 Å². The average molecular weight is 356 g/mol. The van der Waals surface area contributed by atoms with Crippen LogP contribution in [0.1, 0.15) is 22.3 Å². The molecule has 26 heavy (non-hydrogen) atoms. The number of hydrazine groups is 1. The lowest BCUT2D eigenvalue weighted by Gasteiger charge is -2.12. The summed E-state index contributed by atoms with van der Waals surface area (Å²) in [5, 5.41) is 0. The number of hydrogen-bond donors (Lipinski definition) is 2. The predicted molar refractivity (Wildman–Crippen MR) is 99.1 cm³/mol. The zero-order valence-corrected chi connectivity index (χ0v) is 15.5. The zero-order valence-electron chi connectivity index (χ0n) is 15.5. The van der Waals surface area contributed by atoms with E-state index < -0.39 is 11.8 Å². The van der Waals surface area contributed by atoms with E-state index in [0.717, 1.165) is 22.3 Å². The lowest BCUT2D eigenvalue weighted by Crippen LogP contribution is -2.45. The SMILES string of the molecule is Cc1ccc(OCC(=O)NNC(=O)COc2c(C)cccc2C)cc1C. The Morgan fingerprint density at radius 2 is 1.35 bits per heavy atom. The fraction of sp³-hybridized carbons (Fsp3) is 0.300. The van der Waals surface area contributed by atoms with Gasteiger partial charge >= 0.3 is 0 Å². The van der Waals surface area contributed by atoms with Crippen LogP contribution in [0, 0.1) is 27.7 Å². The molecule has 0 spiro atoms. The third-order valence-electron chi connectivity index (χ3n) is 3.95. The van der Waals surface area contributed by atoms with E-state index in [9.17, 15) is 9.59 Å². The number of carbonyl (C=O) groups excluding carboxylic acids is 2. The zero-order chi connectivity index (χ0) is 19.1. The molecule has 0 aliphatic carbocycles. The molecule has 2 amide bonds. The van der Waals surface area contributed by atoms with Gasteiger partial charge in [-0.25, -0.2) is 0 Å². The number of ether oxygens (including phenoxy) is 2. The molecule has 0 saturated carbocycles. The molecule has 0 fully saturated rings. The molecule has 2 aromatic carbocycles. The second kappa shape index (κ2) is 8.89. The Bertz CT molecular complexity index is 782. The fourth-order valence-corrected chi connectivity index (χ4v) is 2.33. The summed E-state index contributed by atoms with van der Waals surface area (Å²) in [7, 11) is 0. The standard InChI is InChI=1S/C20H24N2O4/c1-13-8-9-17(10-16(13)4)25-11-18(23)21-22-19(24)12-26-20-14(2)6-5-7-15(20)3/h5-10H,11-12H2,1-4H3,(H,21,23)(H,22,24). The number of amides is 2. The van der Waals surface area contributed by atoms with E-state index >= 15 is 0 Å². The van der Waals surface area contributed by atoms with Gasteiger partial charge in [0.25, 0.3) is 11.8 Å². The minimum Gasteiger partial charge on any atom is -0.484 e. The van der Waals surface area contributed by atoms with E-state index in [0.29, 0.717) is 11.5 Å². The van der Waals surface area contributed by atoms with Gasteiger partial charge in [-0.15, -0.1) is 0 Å². The molecule has 0 unspecified atom stereocenters. The summed E-state index contributed by atoms with van der Waals surface area (Å²) in [4.78, 5) is 23.6. The van der Waals surface area contributed by atoms with Crippen LogP contribution in [-0.4, -0.2) is 25.0 Å². The molecular formula is C20H24N2O4. The number of rotatable bonds is 6. The second-order valence-electron chi connectivity index (χ2n) is 6.14. The van der Waals surface area contributed by atoms with Crippen LogP contribution >= 0.6 is 0 Å². The first-order valence-corrected chi connectivity index (χ1v) is 8.33. The van der Waals surface area contributed by atoms with Gasteiger partial charge in [0.2, 0.25) is 0 Å². The van der Waals surface area contributed by atoms with E-state index in [4.69, 9.17) is 9.47 Å². The lowest BCUT2D eigenvalue weighted by molar-refractivity contribution is -0.131. The van der Waals surface area contributed by atoms with Crippen LogP contribution in [0.2, 0.25) is 0 Å². The van der Waals surface area contributed by atoms with E-state index in [1.807, 2.05) is 58.0 Å². The maximum atomic E-state index is 11.8. The van der Waals surface area contributed by atoms with Gasteiger partial charge in [0.15, 0.2) is 13.2 Å². The normalized spacial score (nSPS) is 10.2. The van der Waals surface area contributed by atoms with Crippen molar-refractivity contribution < 1.29 is 19.1 Å². The minimum atomic E-state index is -0.455. The van der Waals surface area contributed by atoms with Crippen LogP contribution < -0.4 is 20.3 Å². The van der Waals surface area contributed by atoms with Gasteiger partial charge in [-0.2, -0.15) is 0 Å². The van der Waals surface area contributed by atoms with Crippen LogP contribution in [0.4, 0.5) is 0 Å². The first-order valence-electron chi connectivity index (χ1n) is 8.33. The van der Waals surface area contributed by atoms with Crippen LogP contribution in [0.15, 0.2) is 36.4 Å². The highest BCUT2D eigenvalue weighted by molar-refractivity contribution is 5.83. The van der Waals surface area contributed by atoms with Gasteiger partial charge < -0.3 is 9.47 Å². The Morgan fingerprint density at radius 1 is 0.769 bits per heavy atom. The minimum absolute atomic E-state index is 0.190. The third-order valence-corrected chi connectivity index (χ3v) is 3.95. The van der Waals surface area contributed by atoms with Gasteiger partial charge in [0.05, 0.1) is 0 Å². The largest absolute Gasteiger partial charge is 0.484 e. The van der Waals surface area contributed by atoms with Crippen LogP contribution in [0.3, 0.4) is 0 Å². The molecule has 2 rings (SSSR count). The Morgan fingerprint density at radius 3 is 1.92 bits per heavy atom. The molecule has 2 aromatic rings. The van der Waals surface area contributed by atoms with Crippen molar-refractivity contribution in [2.75, 3.05) is 13.2 Å². The van der Waals surface area contributed by atoms with Crippen LogP contribution in [-0.2, 0) is 9.59 Å². The predicted octanol–water partition coefficient (Wildman–Crippen LogP) is 2.53. The number of benzene rings is 2. The molecular weight excluding hydrogens is 332 g/mol. The van der Waals surface area contributed by atoms with Gasteiger partial charge in [-0.05, 0) is 62.1 Å². The van der Waals surface area contributed by atoms with Crippen molar-refractivity contribution in [3.63, 3.8) is 0 Å². The van der Waals surface area contributed by atoms with E-state index in [-0.39, 0.29) is 13.2 Å². The summed E-state index contributed by atoms with van der Waals surface area (Å²) >= 11 is 0. The molecule has 6 nitrogen and oxygen atoms in total. The van der Waals surface area contributed by atoms with Gasteiger partial charge in [0, 0.05) is 0 Å². The summed E-state index contributed by atoms with van der Waals surface area (Å²) < 4.78 is 10.9. The van der Waals surface area contributed by atoms with E-state index in [1.54, 1.807) is 6.07 Å². The maximum Gasteiger partial charge on any atom is 0.276 e. The number of carbonyl (C=O) groups is 2. The molecule has 0 saturated heterocycles. The van der Waals surface area contributed by atoms with Crippen LogP contribution in [0.25, 0.3) is 0 Å². The second-order valence-corrected chi connectivity index (χ2v) is 6.14. The van der Waals surface area contributed by atoms with Crippen molar-refractivity contribution in [1.29, 1.82) is 0 Å². The first-order chi connectivity index (χ1) is 12.4. The van der Waals surface area contributed by atoms with Crippen molar-refractivity contribution in [3.8, 4) is 11.5 Å². The lowest BCUT2D eigenvalue weighted by atomic mass is 10.1. The highest BCUT2D eigenvalue weighted by Gasteiger charge is 2.09. The molecule has 0 bridgehead atoms. The molecule has 6 heteroatoms. The molecule has 0 atom stereocenters. The topological polar surface area (TPSA) is 76.7 Å². The summed E-state index contributed by atoms with van der Waals surface area (Å²) in [6.07, 6.45) is 0. The number of aryl methyl sites for hydroxylation is 4. The Balaban J connectivity index is 1.73. The summed E-state index contributed by atoms with van der Waals surface area (Å²) in [6.45, 7) is 7.41. The molecule has 0 radical (unpaired) electrons. The quantitative estimate of drug-likeness (QED) is 0.780. The molecule has 2 N–H and O–H groups in total. The highest BCUT2D eigenvalue weighted by atomic mass is 16.5. The summed E-state index contributed by atoms with van der Waals surface area (Å²) in [5.41, 5.74) is 8.74. The fourth-order valence-electron chi connectivity index (χ4n) is 2.33. The Hall–Kier alpha value is -3.02. The molecule has 138 valence electrons. The van der Waals surface area contributed by atoms with Gasteiger partial charge in [-0.3, -0.25) is 20.4 Å². The van der Waals surface area contributed by atoms with Crippen LogP contribution in [0.5, 0.6) is 11.5 Å². The van der Waals surface area contributed by atoms with E-state index in [2.05, 4.69) is 10.9 Å².